The highest BCUT2D eigenvalue weighted by Gasteiger charge is 2.18. The Hall–Kier alpha value is -4.63. The van der Waals surface area contributed by atoms with Crippen molar-refractivity contribution in [3.05, 3.63) is 78.5 Å². The lowest BCUT2D eigenvalue weighted by molar-refractivity contribution is 0.162. The summed E-state index contributed by atoms with van der Waals surface area (Å²) in [5.41, 5.74) is 7.15. The van der Waals surface area contributed by atoms with Gasteiger partial charge in [0.2, 0.25) is 0 Å². The minimum Gasteiger partial charge on any atom is -0.489 e. The molecular formula is C30H26FN7O. The van der Waals surface area contributed by atoms with Gasteiger partial charge in [-0.05, 0) is 86.4 Å². The van der Waals surface area contributed by atoms with Crippen LogP contribution in [-0.2, 0) is 0 Å². The van der Waals surface area contributed by atoms with Crippen LogP contribution in [0.25, 0.3) is 55.8 Å². The van der Waals surface area contributed by atoms with Crippen LogP contribution in [-0.4, -0.2) is 49.3 Å². The van der Waals surface area contributed by atoms with E-state index in [0.29, 0.717) is 28.3 Å². The number of nitrogens with zero attached hydrogens (tertiary/aromatic N) is 4. The molecule has 39 heavy (non-hydrogen) atoms. The highest BCUT2D eigenvalue weighted by Crippen LogP contribution is 2.33. The topological polar surface area (TPSA) is 104 Å². The lowest BCUT2D eigenvalue weighted by Gasteiger charge is -2.23. The molecule has 9 heteroatoms. The Bertz CT molecular complexity index is 1800. The number of aromatic nitrogens is 6. The molecule has 0 spiro atoms. The van der Waals surface area contributed by atoms with Gasteiger partial charge in [0.05, 0.1) is 22.9 Å². The van der Waals surface area contributed by atoms with Crippen LogP contribution in [0.15, 0.2) is 67.1 Å². The quantitative estimate of drug-likeness (QED) is 0.266. The fraction of sp³-hybridized carbons (Fsp3) is 0.200. The van der Waals surface area contributed by atoms with Gasteiger partial charge in [-0.2, -0.15) is 5.10 Å². The number of H-pyrrole nitrogens is 2. The van der Waals surface area contributed by atoms with E-state index in [1.165, 1.54) is 12.1 Å². The summed E-state index contributed by atoms with van der Waals surface area (Å²) in [4.78, 5) is 17.2. The van der Waals surface area contributed by atoms with Gasteiger partial charge in [-0.1, -0.05) is 6.07 Å². The first-order valence-corrected chi connectivity index (χ1v) is 13.0. The molecule has 1 aliphatic rings. The van der Waals surface area contributed by atoms with E-state index in [1.54, 1.807) is 12.4 Å². The number of imidazole rings is 1. The molecule has 8 nitrogen and oxygen atoms in total. The number of piperidine rings is 1. The van der Waals surface area contributed by atoms with Crippen LogP contribution < -0.4 is 10.1 Å². The zero-order valence-electron chi connectivity index (χ0n) is 21.3. The van der Waals surface area contributed by atoms with E-state index in [9.17, 15) is 4.39 Å². The van der Waals surface area contributed by atoms with Crippen molar-refractivity contribution in [1.82, 2.24) is 35.5 Å². The molecule has 5 heterocycles. The Morgan fingerprint density at radius 1 is 0.897 bits per heavy atom. The predicted molar refractivity (Wildman–Crippen MR) is 149 cm³/mol. The largest absolute Gasteiger partial charge is 0.489 e. The highest BCUT2D eigenvalue weighted by molar-refractivity contribution is 5.97. The molecular weight excluding hydrogens is 493 g/mol. The smallest absolute Gasteiger partial charge is 0.159 e. The maximum absolute atomic E-state index is 14.2. The van der Waals surface area contributed by atoms with Crippen molar-refractivity contribution in [2.75, 3.05) is 13.1 Å². The van der Waals surface area contributed by atoms with Crippen molar-refractivity contribution in [2.24, 2.45) is 0 Å². The van der Waals surface area contributed by atoms with Gasteiger partial charge in [-0.15, -0.1) is 0 Å². The summed E-state index contributed by atoms with van der Waals surface area (Å²) in [6.45, 7) is 3.80. The lowest BCUT2D eigenvalue weighted by atomic mass is 10.0. The third-order valence-corrected chi connectivity index (χ3v) is 7.14. The van der Waals surface area contributed by atoms with Crippen molar-refractivity contribution in [2.45, 2.75) is 25.9 Å². The molecule has 3 N–H and O–H groups in total. The van der Waals surface area contributed by atoms with Crippen LogP contribution in [0.3, 0.4) is 0 Å². The predicted octanol–water partition coefficient (Wildman–Crippen LogP) is 5.81. The summed E-state index contributed by atoms with van der Waals surface area (Å²) >= 11 is 0. The molecule has 0 amide bonds. The Balaban J connectivity index is 1.26. The van der Waals surface area contributed by atoms with Gasteiger partial charge in [0.25, 0.3) is 0 Å². The number of pyridine rings is 2. The van der Waals surface area contributed by atoms with Crippen LogP contribution in [0.5, 0.6) is 5.75 Å². The molecule has 0 saturated carbocycles. The van der Waals surface area contributed by atoms with Crippen molar-refractivity contribution in [3.8, 4) is 39.7 Å². The van der Waals surface area contributed by atoms with E-state index in [1.807, 2.05) is 43.5 Å². The lowest BCUT2D eigenvalue weighted by Crippen LogP contribution is -2.34. The zero-order valence-corrected chi connectivity index (χ0v) is 21.3. The van der Waals surface area contributed by atoms with Gasteiger partial charge in [-0.25, -0.2) is 9.37 Å². The number of aromatic amines is 2. The molecule has 0 unspecified atom stereocenters. The van der Waals surface area contributed by atoms with E-state index in [2.05, 4.69) is 36.5 Å². The second-order valence-corrected chi connectivity index (χ2v) is 9.97. The third kappa shape index (κ3) is 4.51. The number of aryl methyl sites for hydroxylation is 1. The fourth-order valence-corrected chi connectivity index (χ4v) is 5.25. The number of fused-ring (bicyclic) bond motifs is 2. The number of nitrogens with one attached hydrogen (secondary N) is 3. The van der Waals surface area contributed by atoms with Crippen LogP contribution in [0.1, 0.15) is 18.4 Å². The molecule has 2 aromatic carbocycles. The molecule has 1 aliphatic heterocycles. The van der Waals surface area contributed by atoms with Crippen molar-refractivity contribution >= 4 is 21.9 Å². The number of ether oxygens (including phenoxy) is 1. The Morgan fingerprint density at radius 3 is 2.67 bits per heavy atom. The first-order chi connectivity index (χ1) is 19.1. The maximum Gasteiger partial charge on any atom is 0.159 e. The minimum absolute atomic E-state index is 0.204. The Kier molecular flexibility index (Phi) is 5.78. The molecule has 0 radical (unpaired) electrons. The number of hydrogen-bond acceptors (Lipinski definition) is 6. The first-order valence-electron chi connectivity index (χ1n) is 13.0. The summed E-state index contributed by atoms with van der Waals surface area (Å²) < 4.78 is 20.4. The molecule has 4 aromatic heterocycles. The highest BCUT2D eigenvalue weighted by atomic mass is 19.1. The normalized spacial score (nSPS) is 14.3. The van der Waals surface area contributed by atoms with Gasteiger partial charge in [-0.3, -0.25) is 15.1 Å². The molecule has 0 aliphatic carbocycles. The summed E-state index contributed by atoms with van der Waals surface area (Å²) in [7, 11) is 0. The molecule has 0 atom stereocenters. The Morgan fingerprint density at radius 2 is 1.79 bits per heavy atom. The minimum atomic E-state index is -0.301. The van der Waals surface area contributed by atoms with E-state index in [4.69, 9.17) is 9.72 Å². The van der Waals surface area contributed by atoms with Crippen molar-refractivity contribution in [1.29, 1.82) is 0 Å². The van der Waals surface area contributed by atoms with E-state index < -0.39 is 0 Å². The Labute approximate surface area is 223 Å². The van der Waals surface area contributed by atoms with Crippen LogP contribution >= 0.6 is 0 Å². The van der Waals surface area contributed by atoms with Gasteiger partial charge in [0.1, 0.15) is 28.9 Å². The van der Waals surface area contributed by atoms with Crippen molar-refractivity contribution in [3.63, 3.8) is 0 Å². The maximum atomic E-state index is 14.2. The number of halogens is 1. The molecule has 1 saturated heterocycles. The molecule has 194 valence electrons. The van der Waals surface area contributed by atoms with Crippen molar-refractivity contribution < 1.29 is 9.13 Å². The summed E-state index contributed by atoms with van der Waals surface area (Å²) in [6, 6.07) is 14.9. The van der Waals surface area contributed by atoms with Gasteiger partial charge >= 0.3 is 0 Å². The number of rotatable bonds is 5. The molecule has 0 bridgehead atoms. The number of benzene rings is 2. The molecule has 7 rings (SSSR count). The average Bonchev–Trinajstić information content (AvgIpc) is 3.57. The van der Waals surface area contributed by atoms with E-state index in [0.717, 1.165) is 64.8 Å². The van der Waals surface area contributed by atoms with Crippen LogP contribution in [0.2, 0.25) is 0 Å². The summed E-state index contributed by atoms with van der Waals surface area (Å²) in [6.07, 6.45) is 7.50. The SMILES string of the molecule is Cc1cc(F)cc(-c2nccc3[nH]c(-c4n[nH]c5ccc(-c6cncc(OC7CCNCC7)c6)cc45)nc23)c1. The molecule has 6 aromatic rings. The fourth-order valence-electron chi connectivity index (χ4n) is 5.25. The second-order valence-electron chi connectivity index (χ2n) is 9.97. The second kappa shape index (κ2) is 9.59. The van der Waals surface area contributed by atoms with Crippen LogP contribution in [0.4, 0.5) is 4.39 Å². The van der Waals surface area contributed by atoms with E-state index >= 15 is 0 Å². The summed E-state index contributed by atoms with van der Waals surface area (Å²) in [5.74, 6) is 1.08. The van der Waals surface area contributed by atoms with Crippen LogP contribution in [0, 0.1) is 12.7 Å². The average molecular weight is 520 g/mol. The standard InChI is InChI=1S/C30H26FN7O/c1-17-10-19(12-21(31)11-17)27-29-26(6-9-34-27)35-30(36-29)28-24-14-18(2-3-25(24)37-38-28)20-13-23(16-33-15-20)39-22-4-7-32-8-5-22/h2-3,6,9-16,22,32H,4-5,7-8H2,1H3,(H,35,36)(H,37,38). The third-order valence-electron chi connectivity index (χ3n) is 7.14. The number of hydrogen-bond donors (Lipinski definition) is 3. The monoisotopic (exact) mass is 519 g/mol. The summed E-state index contributed by atoms with van der Waals surface area (Å²) in [5, 5.41) is 12.0. The molecule has 1 fully saturated rings. The first kappa shape index (κ1) is 23.5. The van der Waals surface area contributed by atoms with Gasteiger partial charge < -0.3 is 15.0 Å². The van der Waals surface area contributed by atoms with E-state index in [-0.39, 0.29) is 11.9 Å². The van der Waals surface area contributed by atoms with Gasteiger partial charge in [0.15, 0.2) is 5.82 Å². The zero-order chi connectivity index (χ0) is 26.3. The van der Waals surface area contributed by atoms with Gasteiger partial charge in [0, 0.05) is 28.9 Å².